The fourth-order valence-electron chi connectivity index (χ4n) is 4.00. The third kappa shape index (κ3) is 6.61. The molecule has 1 heteroatoms. The zero-order valence-corrected chi connectivity index (χ0v) is 14.4. The molecule has 2 N–H and O–H groups in total. The average Bonchev–Trinajstić information content (AvgIpc) is 2.46. The van der Waals surface area contributed by atoms with Crippen molar-refractivity contribution in [2.24, 2.45) is 29.4 Å². The van der Waals surface area contributed by atoms with Crippen molar-refractivity contribution in [3.63, 3.8) is 0 Å². The predicted molar refractivity (Wildman–Crippen MR) is 90.8 cm³/mol. The van der Waals surface area contributed by atoms with Gasteiger partial charge in [-0.15, -0.1) is 0 Å². The van der Waals surface area contributed by atoms with Crippen molar-refractivity contribution in [2.45, 2.75) is 91.4 Å². The van der Waals surface area contributed by atoms with Crippen molar-refractivity contribution in [3.05, 3.63) is 0 Å². The molecule has 0 spiro atoms. The minimum atomic E-state index is 0.824. The SMILES string of the molecule is CCCCCCCCCC1CC(C(C)C)CCC1CN. The fraction of sp³-hybridized carbons (Fsp3) is 1.00. The molecule has 20 heavy (non-hydrogen) atoms. The molecular formula is C19H39N. The molecule has 0 heterocycles. The highest BCUT2D eigenvalue weighted by Crippen LogP contribution is 2.39. The van der Waals surface area contributed by atoms with E-state index in [0.29, 0.717) is 0 Å². The third-order valence-electron chi connectivity index (χ3n) is 5.60. The summed E-state index contributed by atoms with van der Waals surface area (Å²) in [5.74, 6) is 3.58. The summed E-state index contributed by atoms with van der Waals surface area (Å²) in [5, 5.41) is 0. The molecule has 3 atom stereocenters. The van der Waals surface area contributed by atoms with E-state index in [0.717, 1.165) is 30.2 Å². The molecular weight excluding hydrogens is 242 g/mol. The predicted octanol–water partition coefficient (Wildman–Crippen LogP) is 5.77. The largest absolute Gasteiger partial charge is 0.330 e. The van der Waals surface area contributed by atoms with Crippen LogP contribution < -0.4 is 5.73 Å². The smallest absolute Gasteiger partial charge is 0.00462 e. The summed E-state index contributed by atoms with van der Waals surface area (Å²) >= 11 is 0. The first-order valence-electron chi connectivity index (χ1n) is 9.39. The van der Waals surface area contributed by atoms with E-state index in [1.165, 1.54) is 70.6 Å². The van der Waals surface area contributed by atoms with Crippen LogP contribution in [0.4, 0.5) is 0 Å². The molecule has 3 unspecified atom stereocenters. The van der Waals surface area contributed by atoms with E-state index in [1.807, 2.05) is 0 Å². The lowest BCUT2D eigenvalue weighted by atomic mass is 9.69. The summed E-state index contributed by atoms with van der Waals surface area (Å²) in [4.78, 5) is 0. The van der Waals surface area contributed by atoms with Crippen LogP contribution in [0.15, 0.2) is 0 Å². The minimum Gasteiger partial charge on any atom is -0.330 e. The van der Waals surface area contributed by atoms with Gasteiger partial charge in [0.15, 0.2) is 0 Å². The Morgan fingerprint density at radius 1 is 0.900 bits per heavy atom. The van der Waals surface area contributed by atoms with Crippen LogP contribution in [-0.2, 0) is 0 Å². The molecule has 1 aliphatic carbocycles. The van der Waals surface area contributed by atoms with Crippen LogP contribution in [0.3, 0.4) is 0 Å². The molecule has 0 aromatic carbocycles. The second-order valence-electron chi connectivity index (χ2n) is 7.48. The lowest BCUT2D eigenvalue weighted by molar-refractivity contribution is 0.141. The molecule has 0 bridgehead atoms. The van der Waals surface area contributed by atoms with Gasteiger partial charge >= 0.3 is 0 Å². The van der Waals surface area contributed by atoms with Gasteiger partial charge in [0.1, 0.15) is 0 Å². The van der Waals surface area contributed by atoms with E-state index in [2.05, 4.69) is 20.8 Å². The molecule has 0 saturated heterocycles. The summed E-state index contributed by atoms with van der Waals surface area (Å²) in [6.07, 6.45) is 15.7. The Bertz CT molecular complexity index is 224. The van der Waals surface area contributed by atoms with Crippen LogP contribution in [0.2, 0.25) is 0 Å². The molecule has 0 aromatic heterocycles. The van der Waals surface area contributed by atoms with Crippen molar-refractivity contribution in [3.8, 4) is 0 Å². The lowest BCUT2D eigenvalue weighted by Gasteiger charge is -2.37. The first-order chi connectivity index (χ1) is 9.69. The number of hydrogen-bond donors (Lipinski definition) is 1. The van der Waals surface area contributed by atoms with Crippen molar-refractivity contribution in [1.82, 2.24) is 0 Å². The molecule has 1 saturated carbocycles. The maximum Gasteiger partial charge on any atom is -0.00462 e. The first kappa shape index (κ1) is 18.0. The van der Waals surface area contributed by atoms with Gasteiger partial charge in [-0.2, -0.15) is 0 Å². The Morgan fingerprint density at radius 2 is 1.55 bits per heavy atom. The molecule has 120 valence electrons. The molecule has 0 aromatic rings. The topological polar surface area (TPSA) is 26.0 Å². The monoisotopic (exact) mass is 281 g/mol. The quantitative estimate of drug-likeness (QED) is 0.505. The van der Waals surface area contributed by atoms with Crippen molar-refractivity contribution in [2.75, 3.05) is 6.54 Å². The van der Waals surface area contributed by atoms with Gasteiger partial charge in [-0.1, -0.05) is 72.1 Å². The van der Waals surface area contributed by atoms with Crippen LogP contribution in [0, 0.1) is 23.7 Å². The number of hydrogen-bond acceptors (Lipinski definition) is 1. The van der Waals surface area contributed by atoms with Crippen molar-refractivity contribution >= 4 is 0 Å². The number of rotatable bonds is 10. The Kier molecular flexibility index (Phi) is 9.59. The number of unbranched alkanes of at least 4 members (excludes halogenated alkanes) is 6. The fourth-order valence-corrected chi connectivity index (χ4v) is 4.00. The van der Waals surface area contributed by atoms with Crippen molar-refractivity contribution < 1.29 is 0 Å². The summed E-state index contributed by atoms with van der Waals surface area (Å²) in [7, 11) is 0. The Morgan fingerprint density at radius 3 is 2.15 bits per heavy atom. The summed E-state index contributed by atoms with van der Waals surface area (Å²) in [5.41, 5.74) is 6.00. The van der Waals surface area contributed by atoms with Gasteiger partial charge in [-0.05, 0) is 49.5 Å². The molecule has 0 aliphatic heterocycles. The standard InChI is InChI=1S/C19H39N/c1-4-5-6-7-8-9-10-11-18-14-17(16(2)3)12-13-19(18)15-20/h16-19H,4-15,20H2,1-3H3. The zero-order valence-electron chi connectivity index (χ0n) is 14.4. The molecule has 1 rings (SSSR count). The van der Waals surface area contributed by atoms with E-state index in [4.69, 9.17) is 5.73 Å². The van der Waals surface area contributed by atoms with Crippen LogP contribution in [0.25, 0.3) is 0 Å². The summed E-state index contributed by atoms with van der Waals surface area (Å²) in [6, 6.07) is 0. The van der Waals surface area contributed by atoms with Gasteiger partial charge in [-0.25, -0.2) is 0 Å². The van der Waals surface area contributed by atoms with Gasteiger partial charge in [0.2, 0.25) is 0 Å². The van der Waals surface area contributed by atoms with Gasteiger partial charge in [0.05, 0.1) is 0 Å². The van der Waals surface area contributed by atoms with Gasteiger partial charge in [0.25, 0.3) is 0 Å². The summed E-state index contributed by atoms with van der Waals surface area (Å²) < 4.78 is 0. The highest BCUT2D eigenvalue weighted by atomic mass is 14.6. The van der Waals surface area contributed by atoms with E-state index in [9.17, 15) is 0 Å². The Hall–Kier alpha value is -0.0400. The molecule has 0 radical (unpaired) electrons. The van der Waals surface area contributed by atoms with Crippen LogP contribution in [-0.4, -0.2) is 6.54 Å². The summed E-state index contributed by atoms with van der Waals surface area (Å²) in [6.45, 7) is 8.02. The normalized spacial score (nSPS) is 27.1. The molecule has 1 aliphatic rings. The van der Waals surface area contributed by atoms with Crippen LogP contribution in [0.1, 0.15) is 91.4 Å². The van der Waals surface area contributed by atoms with Gasteiger partial charge < -0.3 is 5.73 Å². The Labute approximate surface area is 128 Å². The number of nitrogens with two attached hydrogens (primary N) is 1. The molecule has 0 amide bonds. The zero-order chi connectivity index (χ0) is 14.8. The average molecular weight is 282 g/mol. The van der Waals surface area contributed by atoms with E-state index in [-0.39, 0.29) is 0 Å². The highest BCUT2D eigenvalue weighted by Gasteiger charge is 2.30. The van der Waals surface area contributed by atoms with E-state index < -0.39 is 0 Å². The second kappa shape index (κ2) is 10.7. The first-order valence-corrected chi connectivity index (χ1v) is 9.39. The molecule has 1 fully saturated rings. The lowest BCUT2D eigenvalue weighted by Crippen LogP contribution is -2.32. The second-order valence-corrected chi connectivity index (χ2v) is 7.48. The maximum atomic E-state index is 6.00. The highest BCUT2D eigenvalue weighted by molar-refractivity contribution is 4.82. The van der Waals surface area contributed by atoms with E-state index >= 15 is 0 Å². The minimum absolute atomic E-state index is 0.824. The maximum absolute atomic E-state index is 6.00. The Balaban J connectivity index is 2.18. The van der Waals surface area contributed by atoms with E-state index in [1.54, 1.807) is 0 Å². The third-order valence-corrected chi connectivity index (χ3v) is 5.60. The van der Waals surface area contributed by atoms with Gasteiger partial charge in [0, 0.05) is 0 Å². The molecule has 1 nitrogen and oxygen atoms in total. The van der Waals surface area contributed by atoms with Crippen LogP contribution in [0.5, 0.6) is 0 Å². The van der Waals surface area contributed by atoms with Gasteiger partial charge in [-0.3, -0.25) is 0 Å². The van der Waals surface area contributed by atoms with Crippen molar-refractivity contribution in [1.29, 1.82) is 0 Å². The van der Waals surface area contributed by atoms with Crippen LogP contribution >= 0.6 is 0 Å².